The summed E-state index contributed by atoms with van der Waals surface area (Å²) >= 11 is 2.09. The molecule has 0 aromatic carbocycles. The Kier molecular flexibility index (Phi) is 4.29. The number of aromatic nitrogens is 1. The van der Waals surface area contributed by atoms with Crippen LogP contribution >= 0.6 is 11.8 Å². The molecule has 1 saturated heterocycles. The number of nitrogens with one attached hydrogen (secondary N) is 1. The molecule has 17 heavy (non-hydrogen) atoms. The third kappa shape index (κ3) is 3.61. The van der Waals surface area contributed by atoms with E-state index in [1.807, 2.05) is 19.3 Å². The fourth-order valence-corrected chi connectivity index (χ4v) is 3.75. The van der Waals surface area contributed by atoms with E-state index in [0.29, 0.717) is 0 Å². The van der Waals surface area contributed by atoms with Gasteiger partial charge in [-0.3, -0.25) is 9.88 Å². The van der Waals surface area contributed by atoms with Crippen molar-refractivity contribution in [2.75, 3.05) is 25.5 Å². The zero-order chi connectivity index (χ0) is 12.3. The number of rotatable bonds is 3. The van der Waals surface area contributed by atoms with E-state index in [4.69, 9.17) is 0 Å². The van der Waals surface area contributed by atoms with Gasteiger partial charge in [0.2, 0.25) is 0 Å². The minimum atomic E-state index is 0.728. The number of hydrogen-bond acceptors (Lipinski definition) is 4. The lowest BCUT2D eigenvalue weighted by Crippen LogP contribution is -2.39. The molecule has 2 rings (SSSR count). The van der Waals surface area contributed by atoms with E-state index in [-0.39, 0.29) is 0 Å². The molecular weight excluding hydrogens is 230 g/mol. The van der Waals surface area contributed by atoms with Crippen molar-refractivity contribution in [3.63, 3.8) is 0 Å². The lowest BCUT2D eigenvalue weighted by atomic mass is 10.2. The van der Waals surface area contributed by atoms with Crippen LogP contribution in [0.5, 0.6) is 0 Å². The Morgan fingerprint density at radius 1 is 1.41 bits per heavy atom. The van der Waals surface area contributed by atoms with Gasteiger partial charge in [-0.2, -0.15) is 11.8 Å². The topological polar surface area (TPSA) is 28.2 Å². The van der Waals surface area contributed by atoms with Crippen LogP contribution in [0.4, 0.5) is 5.69 Å². The van der Waals surface area contributed by atoms with Crippen LogP contribution in [0.2, 0.25) is 0 Å². The molecule has 2 atom stereocenters. The minimum absolute atomic E-state index is 0.728. The summed E-state index contributed by atoms with van der Waals surface area (Å²) in [6.07, 6.45) is 1.88. The summed E-state index contributed by atoms with van der Waals surface area (Å²) in [5, 5.41) is 4.62. The molecule has 1 aromatic heterocycles. The van der Waals surface area contributed by atoms with Crippen molar-refractivity contribution < 1.29 is 0 Å². The number of hydrogen-bond donors (Lipinski definition) is 1. The molecule has 0 amide bonds. The van der Waals surface area contributed by atoms with E-state index in [0.717, 1.165) is 28.4 Å². The van der Waals surface area contributed by atoms with E-state index in [1.165, 1.54) is 13.1 Å². The van der Waals surface area contributed by atoms with Crippen LogP contribution in [0.1, 0.15) is 19.5 Å². The molecule has 94 valence electrons. The Morgan fingerprint density at radius 3 is 2.76 bits per heavy atom. The van der Waals surface area contributed by atoms with Gasteiger partial charge in [0.1, 0.15) is 0 Å². The van der Waals surface area contributed by atoms with Crippen molar-refractivity contribution >= 4 is 17.4 Å². The number of anilines is 1. The maximum Gasteiger partial charge on any atom is 0.0564 e. The van der Waals surface area contributed by atoms with Crippen LogP contribution < -0.4 is 5.32 Å². The van der Waals surface area contributed by atoms with Crippen molar-refractivity contribution in [1.29, 1.82) is 0 Å². The summed E-state index contributed by atoms with van der Waals surface area (Å²) in [6, 6.07) is 4.14. The van der Waals surface area contributed by atoms with Gasteiger partial charge >= 0.3 is 0 Å². The molecule has 1 N–H and O–H groups in total. The molecule has 1 fully saturated rings. The molecule has 2 unspecified atom stereocenters. The predicted molar refractivity (Wildman–Crippen MR) is 75.6 cm³/mol. The fraction of sp³-hybridized carbons (Fsp3) is 0.615. The summed E-state index contributed by atoms with van der Waals surface area (Å²) in [4.78, 5) is 6.95. The Balaban J connectivity index is 1.99. The second-order valence-electron chi connectivity index (χ2n) is 4.74. The van der Waals surface area contributed by atoms with E-state index < -0.39 is 0 Å². The first-order chi connectivity index (χ1) is 8.17. The monoisotopic (exact) mass is 251 g/mol. The summed E-state index contributed by atoms with van der Waals surface area (Å²) in [7, 11) is 1.95. The maximum absolute atomic E-state index is 4.44. The molecule has 0 aliphatic carbocycles. The summed E-state index contributed by atoms with van der Waals surface area (Å²) in [5.74, 6) is 0. The highest BCUT2D eigenvalue weighted by molar-refractivity contribution is 8.00. The summed E-state index contributed by atoms with van der Waals surface area (Å²) in [5.41, 5.74) is 2.30. The average molecular weight is 251 g/mol. The number of nitrogens with zero attached hydrogens (tertiary/aromatic N) is 2. The minimum Gasteiger partial charge on any atom is -0.388 e. The predicted octanol–water partition coefficient (Wildman–Crippen LogP) is 2.45. The summed E-state index contributed by atoms with van der Waals surface area (Å²) < 4.78 is 0. The smallest absolute Gasteiger partial charge is 0.0564 e. The average Bonchev–Trinajstić information content (AvgIpc) is 2.28. The Labute approximate surface area is 108 Å². The van der Waals surface area contributed by atoms with Gasteiger partial charge in [0.25, 0.3) is 0 Å². The molecular formula is C13H21N3S. The van der Waals surface area contributed by atoms with Crippen LogP contribution in [0, 0.1) is 0 Å². The molecule has 4 heteroatoms. The fourth-order valence-electron chi connectivity index (χ4n) is 2.36. The van der Waals surface area contributed by atoms with Crippen LogP contribution in [-0.2, 0) is 6.54 Å². The molecule has 3 nitrogen and oxygen atoms in total. The van der Waals surface area contributed by atoms with Gasteiger partial charge in [-0.05, 0) is 12.1 Å². The SMILES string of the molecule is CNc1ccnc(CN2CC(C)SC(C)C2)c1. The van der Waals surface area contributed by atoms with E-state index in [9.17, 15) is 0 Å². The normalized spacial score (nSPS) is 25.8. The lowest BCUT2D eigenvalue weighted by Gasteiger charge is -2.34. The maximum atomic E-state index is 4.44. The van der Waals surface area contributed by atoms with Crippen molar-refractivity contribution in [3.05, 3.63) is 24.0 Å². The quantitative estimate of drug-likeness (QED) is 0.893. The van der Waals surface area contributed by atoms with Gasteiger partial charge < -0.3 is 5.32 Å². The molecule has 1 aliphatic rings. The highest BCUT2D eigenvalue weighted by atomic mass is 32.2. The first-order valence-electron chi connectivity index (χ1n) is 6.18. The van der Waals surface area contributed by atoms with E-state index >= 15 is 0 Å². The standard InChI is InChI=1S/C13H21N3S/c1-10-7-16(8-11(2)17-10)9-13-6-12(14-3)4-5-15-13/h4-6,10-11H,7-9H2,1-3H3,(H,14,15). The van der Waals surface area contributed by atoms with Crippen LogP contribution in [-0.4, -0.2) is 40.5 Å². The zero-order valence-electron chi connectivity index (χ0n) is 10.8. The Hall–Kier alpha value is -0.740. The zero-order valence-corrected chi connectivity index (χ0v) is 11.6. The van der Waals surface area contributed by atoms with Gasteiger partial charge in [0.05, 0.1) is 5.69 Å². The molecule has 2 heterocycles. The van der Waals surface area contributed by atoms with Crippen molar-refractivity contribution in [3.8, 4) is 0 Å². The number of pyridine rings is 1. The second-order valence-corrected chi connectivity index (χ2v) is 6.62. The highest BCUT2D eigenvalue weighted by Gasteiger charge is 2.22. The summed E-state index contributed by atoms with van der Waals surface area (Å²) in [6.45, 7) is 7.92. The molecule has 0 saturated carbocycles. The van der Waals surface area contributed by atoms with E-state index in [1.54, 1.807) is 0 Å². The van der Waals surface area contributed by atoms with Crippen molar-refractivity contribution in [2.45, 2.75) is 30.9 Å². The molecule has 1 aromatic rings. The first kappa shape index (κ1) is 12.7. The Morgan fingerprint density at radius 2 is 2.12 bits per heavy atom. The molecule has 0 bridgehead atoms. The van der Waals surface area contributed by atoms with Gasteiger partial charge in [0, 0.05) is 49.1 Å². The van der Waals surface area contributed by atoms with Gasteiger partial charge in [0.15, 0.2) is 0 Å². The lowest BCUT2D eigenvalue weighted by molar-refractivity contribution is 0.260. The van der Waals surface area contributed by atoms with Crippen molar-refractivity contribution in [1.82, 2.24) is 9.88 Å². The van der Waals surface area contributed by atoms with Gasteiger partial charge in [-0.25, -0.2) is 0 Å². The van der Waals surface area contributed by atoms with Crippen LogP contribution in [0.25, 0.3) is 0 Å². The third-order valence-electron chi connectivity index (χ3n) is 2.99. The Bertz CT molecular complexity index is 359. The molecule has 0 radical (unpaired) electrons. The largest absolute Gasteiger partial charge is 0.388 e. The van der Waals surface area contributed by atoms with Crippen LogP contribution in [0.15, 0.2) is 18.3 Å². The second kappa shape index (κ2) is 5.74. The van der Waals surface area contributed by atoms with Crippen LogP contribution in [0.3, 0.4) is 0 Å². The van der Waals surface area contributed by atoms with Crippen molar-refractivity contribution in [2.24, 2.45) is 0 Å². The highest BCUT2D eigenvalue weighted by Crippen LogP contribution is 2.25. The third-order valence-corrected chi connectivity index (χ3v) is 4.21. The number of thioether (sulfide) groups is 1. The molecule has 1 aliphatic heterocycles. The first-order valence-corrected chi connectivity index (χ1v) is 7.12. The van der Waals surface area contributed by atoms with Gasteiger partial charge in [-0.1, -0.05) is 13.8 Å². The molecule has 0 spiro atoms. The van der Waals surface area contributed by atoms with Gasteiger partial charge in [-0.15, -0.1) is 0 Å². The van der Waals surface area contributed by atoms with E-state index in [2.05, 4.69) is 46.9 Å².